The molecule has 116 valence electrons. The molecule has 0 saturated carbocycles. The Balaban J connectivity index is 2.39. The molecule has 1 fully saturated rings. The summed E-state index contributed by atoms with van der Waals surface area (Å²) in [5.41, 5.74) is 1.56. The van der Waals surface area contributed by atoms with Crippen molar-refractivity contribution in [1.82, 2.24) is 4.90 Å². The zero-order valence-electron chi connectivity index (χ0n) is 13.6. The van der Waals surface area contributed by atoms with Crippen LogP contribution in [-0.2, 0) is 0 Å². The minimum atomic E-state index is 0.0726. The molecule has 0 radical (unpaired) electrons. The van der Waals surface area contributed by atoms with Crippen LogP contribution in [0, 0.1) is 6.92 Å². The zero-order chi connectivity index (χ0) is 15.6. The molecule has 0 bridgehead atoms. The number of hydrogen-bond donors (Lipinski definition) is 0. The topological polar surface area (TPSA) is 38.8 Å². The summed E-state index contributed by atoms with van der Waals surface area (Å²) >= 11 is 0. The van der Waals surface area contributed by atoms with Crippen molar-refractivity contribution in [3.63, 3.8) is 0 Å². The minimum absolute atomic E-state index is 0.0726. The molecule has 0 aromatic heterocycles. The van der Waals surface area contributed by atoms with Gasteiger partial charge in [-0.05, 0) is 45.2 Å². The molecule has 0 N–H and O–H groups in total. The molecule has 1 amide bonds. The molecular weight excluding hydrogens is 266 g/mol. The van der Waals surface area contributed by atoms with Crippen LogP contribution in [-0.4, -0.2) is 37.1 Å². The predicted molar refractivity (Wildman–Crippen MR) is 83.2 cm³/mol. The number of amides is 1. The highest BCUT2D eigenvalue weighted by molar-refractivity contribution is 5.96. The summed E-state index contributed by atoms with van der Waals surface area (Å²) in [6.07, 6.45) is 3.16. The summed E-state index contributed by atoms with van der Waals surface area (Å²) in [6, 6.07) is 4.27. The first-order valence-corrected chi connectivity index (χ1v) is 7.58. The minimum Gasteiger partial charge on any atom is -0.496 e. The molecule has 4 nitrogen and oxygen atoms in total. The number of rotatable bonds is 4. The molecule has 1 heterocycles. The summed E-state index contributed by atoms with van der Waals surface area (Å²) in [5.74, 6) is 1.46. The number of ether oxygens (including phenoxy) is 2. The van der Waals surface area contributed by atoms with Crippen molar-refractivity contribution in [3.05, 3.63) is 23.3 Å². The van der Waals surface area contributed by atoms with E-state index in [1.807, 2.05) is 24.0 Å². The average molecular weight is 291 g/mol. The molecule has 1 saturated heterocycles. The van der Waals surface area contributed by atoms with Crippen molar-refractivity contribution in [1.29, 1.82) is 0 Å². The second kappa shape index (κ2) is 6.37. The van der Waals surface area contributed by atoms with Crippen molar-refractivity contribution in [2.75, 3.05) is 14.2 Å². The van der Waals surface area contributed by atoms with Gasteiger partial charge in [-0.2, -0.15) is 0 Å². The maximum atomic E-state index is 12.9. The van der Waals surface area contributed by atoms with E-state index in [0.29, 0.717) is 29.1 Å². The first kappa shape index (κ1) is 15.7. The first-order valence-electron chi connectivity index (χ1n) is 7.58. The second-order valence-electron chi connectivity index (χ2n) is 5.71. The summed E-state index contributed by atoms with van der Waals surface area (Å²) in [6.45, 7) is 6.19. The number of benzene rings is 1. The quantitative estimate of drug-likeness (QED) is 0.853. The normalized spacial score (nSPS) is 21.5. The number of hydrogen-bond acceptors (Lipinski definition) is 3. The van der Waals surface area contributed by atoms with E-state index in [-0.39, 0.29) is 5.91 Å². The third-order valence-corrected chi connectivity index (χ3v) is 4.49. The Kier molecular flexibility index (Phi) is 4.76. The summed E-state index contributed by atoms with van der Waals surface area (Å²) < 4.78 is 10.7. The number of methoxy groups -OCH3 is 2. The van der Waals surface area contributed by atoms with E-state index >= 15 is 0 Å². The van der Waals surface area contributed by atoms with E-state index in [9.17, 15) is 4.79 Å². The summed E-state index contributed by atoms with van der Waals surface area (Å²) in [4.78, 5) is 14.9. The van der Waals surface area contributed by atoms with E-state index in [1.165, 1.54) is 0 Å². The molecule has 0 spiro atoms. The Morgan fingerprint density at radius 3 is 2.29 bits per heavy atom. The van der Waals surface area contributed by atoms with Gasteiger partial charge in [0.2, 0.25) is 0 Å². The van der Waals surface area contributed by atoms with Crippen LogP contribution in [0.25, 0.3) is 0 Å². The fourth-order valence-corrected chi connectivity index (χ4v) is 3.20. The van der Waals surface area contributed by atoms with Crippen LogP contribution < -0.4 is 9.47 Å². The Morgan fingerprint density at radius 2 is 1.81 bits per heavy atom. The van der Waals surface area contributed by atoms with Gasteiger partial charge in [-0.3, -0.25) is 4.79 Å². The Labute approximate surface area is 127 Å². The van der Waals surface area contributed by atoms with Crippen molar-refractivity contribution >= 4 is 5.91 Å². The molecule has 0 unspecified atom stereocenters. The molecular formula is C17H25NO3. The summed E-state index contributed by atoms with van der Waals surface area (Å²) in [5, 5.41) is 0. The lowest BCUT2D eigenvalue weighted by Gasteiger charge is -2.28. The molecule has 1 aliphatic rings. The van der Waals surface area contributed by atoms with Crippen LogP contribution >= 0.6 is 0 Å². The van der Waals surface area contributed by atoms with E-state index in [1.54, 1.807) is 14.2 Å². The second-order valence-corrected chi connectivity index (χ2v) is 5.71. The van der Waals surface area contributed by atoms with Gasteiger partial charge in [0.15, 0.2) is 0 Å². The van der Waals surface area contributed by atoms with Gasteiger partial charge in [0.05, 0.1) is 14.2 Å². The van der Waals surface area contributed by atoms with Gasteiger partial charge < -0.3 is 14.4 Å². The third kappa shape index (κ3) is 2.85. The van der Waals surface area contributed by atoms with Gasteiger partial charge in [-0.15, -0.1) is 0 Å². The van der Waals surface area contributed by atoms with E-state index in [0.717, 1.165) is 24.8 Å². The van der Waals surface area contributed by atoms with Crippen LogP contribution in [0.4, 0.5) is 0 Å². The number of carbonyl (C=O) groups excluding carboxylic acids is 1. The number of likely N-dealkylation sites (tertiary alicyclic amines) is 1. The monoisotopic (exact) mass is 291 g/mol. The molecule has 1 aromatic carbocycles. The average Bonchev–Trinajstić information content (AvgIpc) is 2.87. The van der Waals surface area contributed by atoms with E-state index in [2.05, 4.69) is 13.8 Å². The molecule has 2 rings (SSSR count). The lowest BCUT2D eigenvalue weighted by Crippen LogP contribution is -2.39. The zero-order valence-corrected chi connectivity index (χ0v) is 13.6. The van der Waals surface area contributed by atoms with E-state index in [4.69, 9.17) is 9.47 Å². The first-order chi connectivity index (χ1) is 10.0. The largest absolute Gasteiger partial charge is 0.496 e. The number of carbonyl (C=O) groups is 1. The van der Waals surface area contributed by atoms with Gasteiger partial charge >= 0.3 is 0 Å². The SMILES string of the molecule is CC[C@@H]1CC[C@@H](C)N1C(=O)c1cc(OC)c(C)c(OC)c1. The van der Waals surface area contributed by atoms with E-state index < -0.39 is 0 Å². The van der Waals surface area contributed by atoms with Crippen molar-refractivity contribution in [2.24, 2.45) is 0 Å². The number of nitrogens with zero attached hydrogens (tertiary/aromatic N) is 1. The fraction of sp³-hybridized carbons (Fsp3) is 0.588. The molecule has 2 atom stereocenters. The standard InChI is InChI=1S/C17H25NO3/c1-6-14-8-7-11(2)18(14)17(19)13-9-15(20-4)12(3)16(10-13)21-5/h9-11,14H,6-8H2,1-5H3/t11-,14-/m1/s1. The maximum Gasteiger partial charge on any atom is 0.254 e. The Bertz CT molecular complexity index is 502. The van der Waals surface area contributed by atoms with Gasteiger partial charge in [0.1, 0.15) is 11.5 Å². The molecule has 4 heteroatoms. The fourth-order valence-electron chi connectivity index (χ4n) is 3.20. The highest BCUT2D eigenvalue weighted by atomic mass is 16.5. The van der Waals surface area contributed by atoms with Crippen LogP contribution in [0.3, 0.4) is 0 Å². The van der Waals surface area contributed by atoms with Crippen molar-refractivity contribution in [3.8, 4) is 11.5 Å². The molecule has 1 aromatic rings. The Hall–Kier alpha value is -1.71. The van der Waals surface area contributed by atoms with Crippen LogP contribution in [0.5, 0.6) is 11.5 Å². The van der Waals surface area contributed by atoms with Crippen LogP contribution in [0.2, 0.25) is 0 Å². The van der Waals surface area contributed by atoms with Crippen molar-refractivity contribution in [2.45, 2.75) is 52.1 Å². The third-order valence-electron chi connectivity index (χ3n) is 4.49. The predicted octanol–water partition coefficient (Wildman–Crippen LogP) is 3.42. The van der Waals surface area contributed by atoms with Gasteiger partial charge in [0.25, 0.3) is 5.91 Å². The lowest BCUT2D eigenvalue weighted by atomic mass is 10.1. The molecule has 1 aliphatic heterocycles. The summed E-state index contributed by atoms with van der Waals surface area (Å²) in [7, 11) is 3.23. The highest BCUT2D eigenvalue weighted by Crippen LogP contribution is 2.33. The lowest BCUT2D eigenvalue weighted by molar-refractivity contribution is 0.0675. The van der Waals surface area contributed by atoms with Gasteiger partial charge in [0, 0.05) is 23.2 Å². The molecule has 21 heavy (non-hydrogen) atoms. The molecule has 0 aliphatic carbocycles. The smallest absolute Gasteiger partial charge is 0.254 e. The van der Waals surface area contributed by atoms with Gasteiger partial charge in [-0.1, -0.05) is 6.92 Å². The van der Waals surface area contributed by atoms with Gasteiger partial charge in [-0.25, -0.2) is 0 Å². The Morgan fingerprint density at radius 1 is 1.24 bits per heavy atom. The highest BCUT2D eigenvalue weighted by Gasteiger charge is 2.34. The van der Waals surface area contributed by atoms with Crippen molar-refractivity contribution < 1.29 is 14.3 Å². The maximum absolute atomic E-state index is 12.9. The van der Waals surface area contributed by atoms with Crippen LogP contribution in [0.1, 0.15) is 49.0 Å². The van der Waals surface area contributed by atoms with Crippen LogP contribution in [0.15, 0.2) is 12.1 Å².